The van der Waals surface area contributed by atoms with Crippen LogP contribution in [-0.4, -0.2) is 83.9 Å². The molecule has 2 aliphatic heterocycles. The van der Waals surface area contributed by atoms with Gasteiger partial charge in [-0.3, -0.25) is 14.4 Å². The highest BCUT2D eigenvalue weighted by Gasteiger charge is 2.40. The van der Waals surface area contributed by atoms with Crippen molar-refractivity contribution in [2.75, 3.05) is 48.9 Å². The van der Waals surface area contributed by atoms with E-state index in [1.165, 1.54) is 21.9 Å². The number of benzene rings is 2. The number of amides is 3. The van der Waals surface area contributed by atoms with Crippen molar-refractivity contribution >= 4 is 45.7 Å². The van der Waals surface area contributed by atoms with E-state index in [4.69, 9.17) is 15.2 Å². The van der Waals surface area contributed by atoms with Crippen LogP contribution >= 0.6 is 0 Å². The normalized spacial score (nSPS) is 21.0. The van der Waals surface area contributed by atoms with Gasteiger partial charge in [-0.05, 0) is 43.3 Å². The molecule has 0 saturated carbocycles. The summed E-state index contributed by atoms with van der Waals surface area (Å²) in [6, 6.07) is 8.60. The first kappa shape index (κ1) is 25.6. The predicted molar refractivity (Wildman–Crippen MR) is 137 cm³/mol. The molecule has 3 heterocycles. The van der Waals surface area contributed by atoms with Crippen LogP contribution < -0.4 is 16.0 Å². The standard InChI is InChI=1S/C26H28FN5O6/c1-14-13-37-8-6-31(14)25(35)19-11-17(3-5-20(19)27)32-7-9-38-22(26(32)36)21(33)24(34)30-16-2-4-18-15(10-16)12-29-23(18)28/h2-5,10-12,14,21-22,29,33H,6-9,13,28H2,1H3,(H,30,34)/t14-,21+,22+/m0/s1. The third kappa shape index (κ3) is 4.80. The Bertz CT molecular complexity index is 1390. The van der Waals surface area contributed by atoms with E-state index < -0.39 is 35.7 Å². The third-order valence-corrected chi connectivity index (χ3v) is 6.79. The summed E-state index contributed by atoms with van der Waals surface area (Å²) in [6.45, 7) is 2.97. The summed E-state index contributed by atoms with van der Waals surface area (Å²) in [5.74, 6) is -2.24. The van der Waals surface area contributed by atoms with Crippen molar-refractivity contribution in [1.82, 2.24) is 9.88 Å². The van der Waals surface area contributed by atoms with Crippen LogP contribution in [0.15, 0.2) is 42.6 Å². The number of aromatic nitrogens is 1. The number of hydrogen-bond acceptors (Lipinski definition) is 7. The maximum Gasteiger partial charge on any atom is 0.259 e. The van der Waals surface area contributed by atoms with Gasteiger partial charge >= 0.3 is 0 Å². The van der Waals surface area contributed by atoms with Crippen LogP contribution in [0.2, 0.25) is 0 Å². The second-order valence-corrected chi connectivity index (χ2v) is 9.31. The highest BCUT2D eigenvalue weighted by atomic mass is 19.1. The summed E-state index contributed by atoms with van der Waals surface area (Å²) < 4.78 is 25.5. The van der Waals surface area contributed by atoms with Gasteiger partial charge in [0.15, 0.2) is 12.2 Å². The molecular formula is C26H28FN5O6. The third-order valence-electron chi connectivity index (χ3n) is 6.79. The van der Waals surface area contributed by atoms with Crippen LogP contribution in [0.1, 0.15) is 17.3 Å². The summed E-state index contributed by atoms with van der Waals surface area (Å²) in [5.41, 5.74) is 6.33. The van der Waals surface area contributed by atoms with Gasteiger partial charge in [0.1, 0.15) is 11.6 Å². The molecular weight excluding hydrogens is 497 g/mol. The van der Waals surface area contributed by atoms with E-state index in [0.29, 0.717) is 31.3 Å². The van der Waals surface area contributed by atoms with Crippen molar-refractivity contribution in [3.05, 3.63) is 54.0 Å². The summed E-state index contributed by atoms with van der Waals surface area (Å²) in [4.78, 5) is 44.8. The fourth-order valence-electron chi connectivity index (χ4n) is 4.71. The van der Waals surface area contributed by atoms with Gasteiger partial charge in [-0.25, -0.2) is 4.39 Å². The molecule has 3 aromatic rings. The molecule has 38 heavy (non-hydrogen) atoms. The number of carbonyl (C=O) groups is 3. The van der Waals surface area contributed by atoms with Gasteiger partial charge in [-0.1, -0.05) is 0 Å². The number of aromatic amines is 1. The molecule has 0 radical (unpaired) electrons. The highest BCUT2D eigenvalue weighted by molar-refractivity contribution is 6.05. The van der Waals surface area contributed by atoms with Crippen LogP contribution in [0.3, 0.4) is 0 Å². The topological polar surface area (TPSA) is 150 Å². The molecule has 3 amide bonds. The number of morpholine rings is 2. The molecule has 5 N–H and O–H groups in total. The maximum absolute atomic E-state index is 14.7. The minimum atomic E-state index is -1.81. The summed E-state index contributed by atoms with van der Waals surface area (Å²) in [6.07, 6.45) is -1.61. The number of aliphatic hydroxyl groups is 1. The second kappa shape index (κ2) is 10.4. The van der Waals surface area contributed by atoms with E-state index >= 15 is 0 Å². The van der Waals surface area contributed by atoms with E-state index in [-0.39, 0.29) is 30.4 Å². The fourth-order valence-corrected chi connectivity index (χ4v) is 4.71. The maximum atomic E-state index is 14.7. The van der Waals surface area contributed by atoms with Gasteiger partial charge in [0.25, 0.3) is 17.7 Å². The monoisotopic (exact) mass is 525 g/mol. The first-order chi connectivity index (χ1) is 18.2. The SMILES string of the molecule is C[C@H]1COCCN1C(=O)c1cc(N2CCO[C@H]([C@@H](O)C(=O)Nc3ccc4c(N)[nH]cc4c3)C2=O)ccc1F. The van der Waals surface area contributed by atoms with Gasteiger partial charge in [0.05, 0.1) is 31.4 Å². The number of aliphatic hydroxyl groups excluding tert-OH is 1. The smallest absolute Gasteiger partial charge is 0.259 e. The summed E-state index contributed by atoms with van der Waals surface area (Å²) >= 11 is 0. The minimum Gasteiger partial charge on any atom is -0.385 e. The van der Waals surface area contributed by atoms with Crippen molar-refractivity contribution in [2.45, 2.75) is 25.2 Å². The van der Waals surface area contributed by atoms with Gasteiger partial charge in [-0.2, -0.15) is 0 Å². The number of fused-ring (bicyclic) bond motifs is 1. The van der Waals surface area contributed by atoms with Crippen LogP contribution in [0, 0.1) is 5.82 Å². The number of halogens is 1. The first-order valence-corrected chi connectivity index (χ1v) is 12.2. The Labute approximate surface area is 217 Å². The van der Waals surface area contributed by atoms with Gasteiger partial charge in [0.2, 0.25) is 0 Å². The summed E-state index contributed by atoms with van der Waals surface area (Å²) in [7, 11) is 0. The Kier molecular flexibility index (Phi) is 7.02. The Morgan fingerprint density at radius 3 is 2.82 bits per heavy atom. The van der Waals surface area contributed by atoms with Crippen LogP contribution in [0.25, 0.3) is 10.8 Å². The molecule has 2 fully saturated rings. The quantitative estimate of drug-likeness (QED) is 0.394. The number of nitrogen functional groups attached to an aromatic ring is 1. The number of H-pyrrole nitrogens is 1. The Morgan fingerprint density at radius 2 is 2.03 bits per heavy atom. The molecule has 200 valence electrons. The number of rotatable bonds is 5. The molecule has 2 aliphatic rings. The second-order valence-electron chi connectivity index (χ2n) is 9.31. The van der Waals surface area contributed by atoms with Crippen molar-refractivity contribution in [3.8, 4) is 0 Å². The van der Waals surface area contributed by atoms with E-state index in [9.17, 15) is 23.9 Å². The van der Waals surface area contributed by atoms with Gasteiger partial charge in [-0.15, -0.1) is 0 Å². The predicted octanol–water partition coefficient (Wildman–Crippen LogP) is 1.48. The number of anilines is 3. The summed E-state index contributed by atoms with van der Waals surface area (Å²) in [5, 5.41) is 14.8. The number of carbonyl (C=O) groups excluding carboxylic acids is 3. The zero-order valence-electron chi connectivity index (χ0n) is 20.6. The van der Waals surface area contributed by atoms with Crippen LogP contribution in [0.4, 0.5) is 21.6 Å². The highest BCUT2D eigenvalue weighted by Crippen LogP contribution is 2.26. The molecule has 5 rings (SSSR count). The molecule has 11 nitrogen and oxygen atoms in total. The molecule has 1 aromatic heterocycles. The minimum absolute atomic E-state index is 0.0243. The number of ether oxygens (including phenoxy) is 2. The lowest BCUT2D eigenvalue weighted by atomic mass is 10.1. The lowest BCUT2D eigenvalue weighted by molar-refractivity contribution is -0.150. The average Bonchev–Trinajstić information content (AvgIpc) is 3.28. The fraction of sp³-hybridized carbons (Fsp3) is 0.346. The molecule has 12 heteroatoms. The number of nitrogens with zero attached hydrogens (tertiary/aromatic N) is 2. The molecule has 2 aromatic carbocycles. The van der Waals surface area contributed by atoms with Crippen LogP contribution in [0.5, 0.6) is 0 Å². The van der Waals surface area contributed by atoms with Crippen LogP contribution in [-0.2, 0) is 19.1 Å². The number of nitrogens with two attached hydrogens (primary N) is 1. The average molecular weight is 526 g/mol. The van der Waals surface area contributed by atoms with E-state index in [0.717, 1.165) is 16.8 Å². The van der Waals surface area contributed by atoms with E-state index in [1.54, 1.807) is 24.4 Å². The Hall–Kier alpha value is -4.00. The molecule has 0 aliphatic carbocycles. The molecule has 2 saturated heterocycles. The van der Waals surface area contributed by atoms with Crippen molar-refractivity contribution < 1.29 is 33.4 Å². The van der Waals surface area contributed by atoms with E-state index in [1.807, 2.05) is 6.92 Å². The number of nitrogens with one attached hydrogen (secondary N) is 2. The first-order valence-electron chi connectivity index (χ1n) is 12.2. The van der Waals surface area contributed by atoms with Crippen molar-refractivity contribution in [2.24, 2.45) is 0 Å². The van der Waals surface area contributed by atoms with Gasteiger partial charge in [0, 0.05) is 41.4 Å². The molecule has 0 unspecified atom stereocenters. The molecule has 3 atom stereocenters. The Balaban J connectivity index is 1.31. The van der Waals surface area contributed by atoms with Crippen molar-refractivity contribution in [1.29, 1.82) is 0 Å². The van der Waals surface area contributed by atoms with Crippen molar-refractivity contribution in [3.63, 3.8) is 0 Å². The number of hydrogen-bond donors (Lipinski definition) is 4. The molecule has 0 spiro atoms. The lowest BCUT2D eigenvalue weighted by Crippen LogP contribution is -2.55. The van der Waals surface area contributed by atoms with Gasteiger partial charge < -0.3 is 40.4 Å². The van der Waals surface area contributed by atoms with E-state index in [2.05, 4.69) is 10.3 Å². The zero-order valence-corrected chi connectivity index (χ0v) is 20.6. The Morgan fingerprint density at radius 1 is 1.21 bits per heavy atom. The molecule has 0 bridgehead atoms. The lowest BCUT2D eigenvalue weighted by Gasteiger charge is -2.35. The zero-order chi connectivity index (χ0) is 27.0. The largest absolute Gasteiger partial charge is 0.385 e.